The summed E-state index contributed by atoms with van der Waals surface area (Å²) < 4.78 is 91.9. The van der Waals surface area contributed by atoms with E-state index in [2.05, 4.69) is 9.80 Å². The standard InChI is InChI=1S/C36H46F6N4O3/c1-48-32-10-9-26(23-33(32)49-2)34(11-6-13-43,12-14-45-15-17-46(18-16-45)29-7-4-3-5-8-29)24-30(44)31(47)21-25-19-27(35(37,38)39)22-28(20-25)36(40,41)42/h9-10,13,19-20,22-23,29,43-44H,3-8,11-12,14-18,21,24H2,1-2H3/t34-/m0/s1. The molecule has 49 heavy (non-hydrogen) atoms. The van der Waals surface area contributed by atoms with Crippen LogP contribution < -0.4 is 9.47 Å². The molecule has 1 atom stereocenters. The van der Waals surface area contributed by atoms with Crippen LogP contribution in [-0.4, -0.2) is 80.5 Å². The molecule has 7 nitrogen and oxygen atoms in total. The molecule has 1 aliphatic heterocycles. The molecule has 0 amide bonds. The maximum atomic E-state index is 13.5. The van der Waals surface area contributed by atoms with Gasteiger partial charge in [0.2, 0.25) is 0 Å². The SMILES string of the molecule is COc1ccc([C@@](CCC=N)(CCN2CCN(C3CCCCC3)CC2)CC(=N)C(=O)Cc2cc(C(F)(F)F)cc(C(F)(F)F)c2)cc1OC. The first-order chi connectivity index (χ1) is 23.2. The van der Waals surface area contributed by atoms with E-state index in [-0.39, 0.29) is 12.5 Å². The van der Waals surface area contributed by atoms with Crippen molar-refractivity contribution in [3.63, 3.8) is 0 Å². The molecule has 0 aromatic heterocycles. The van der Waals surface area contributed by atoms with E-state index in [1.54, 1.807) is 12.1 Å². The minimum absolute atomic E-state index is 0.0215. The van der Waals surface area contributed by atoms with Crippen molar-refractivity contribution in [2.24, 2.45) is 0 Å². The van der Waals surface area contributed by atoms with Gasteiger partial charge in [0, 0.05) is 50.5 Å². The second-order valence-corrected chi connectivity index (χ2v) is 13.2. The molecule has 1 saturated heterocycles. The number of halogens is 6. The molecule has 2 fully saturated rings. The Morgan fingerprint density at radius 2 is 1.45 bits per heavy atom. The predicted octanol–water partition coefficient (Wildman–Crippen LogP) is 7.97. The molecule has 2 aliphatic rings. The molecule has 1 aliphatic carbocycles. The molecule has 0 unspecified atom stereocenters. The molecule has 2 N–H and O–H groups in total. The zero-order valence-corrected chi connectivity index (χ0v) is 28.1. The van der Waals surface area contributed by atoms with Crippen molar-refractivity contribution in [1.82, 2.24) is 9.80 Å². The van der Waals surface area contributed by atoms with Crippen molar-refractivity contribution in [3.05, 3.63) is 58.7 Å². The number of nitrogens with one attached hydrogen (secondary N) is 2. The number of methoxy groups -OCH3 is 2. The van der Waals surface area contributed by atoms with Crippen LogP contribution in [0.4, 0.5) is 26.3 Å². The molecule has 2 aromatic carbocycles. The minimum Gasteiger partial charge on any atom is -0.493 e. The number of alkyl halides is 6. The van der Waals surface area contributed by atoms with Crippen molar-refractivity contribution in [2.75, 3.05) is 46.9 Å². The minimum atomic E-state index is -5.05. The Morgan fingerprint density at radius 3 is 2.00 bits per heavy atom. The monoisotopic (exact) mass is 696 g/mol. The summed E-state index contributed by atoms with van der Waals surface area (Å²) in [5.41, 5.74) is -4.02. The molecule has 2 aromatic rings. The van der Waals surface area contributed by atoms with Crippen LogP contribution >= 0.6 is 0 Å². The highest BCUT2D eigenvalue weighted by atomic mass is 19.4. The van der Waals surface area contributed by atoms with Crippen LogP contribution in [0.5, 0.6) is 11.5 Å². The molecule has 13 heteroatoms. The van der Waals surface area contributed by atoms with Gasteiger partial charge in [-0.15, -0.1) is 0 Å². The molecular formula is C36H46F6N4O3. The topological polar surface area (TPSA) is 89.7 Å². The Bertz CT molecular complexity index is 1420. The van der Waals surface area contributed by atoms with Gasteiger partial charge in [-0.05, 0) is 86.3 Å². The fourth-order valence-electron chi connectivity index (χ4n) is 7.23. The Morgan fingerprint density at radius 1 is 0.837 bits per heavy atom. The fraction of sp³-hybridized carbons (Fsp3) is 0.583. The number of carbonyl (C=O) groups excluding carboxylic acids is 1. The number of hydrogen-bond acceptors (Lipinski definition) is 7. The third-order valence-electron chi connectivity index (χ3n) is 10.0. The summed E-state index contributed by atoms with van der Waals surface area (Å²) >= 11 is 0. The molecule has 270 valence electrons. The molecule has 0 spiro atoms. The molecule has 0 radical (unpaired) electrons. The van der Waals surface area contributed by atoms with E-state index in [0.717, 1.165) is 31.7 Å². The number of nitrogens with zero attached hydrogens (tertiary/aromatic N) is 2. The lowest BCUT2D eigenvalue weighted by Crippen LogP contribution is -2.51. The van der Waals surface area contributed by atoms with Gasteiger partial charge in [-0.2, -0.15) is 26.3 Å². The first kappa shape index (κ1) is 38.4. The van der Waals surface area contributed by atoms with Crippen molar-refractivity contribution in [1.29, 1.82) is 10.8 Å². The van der Waals surface area contributed by atoms with Crippen LogP contribution in [-0.2, 0) is 29.0 Å². The normalized spacial score (nSPS) is 18.1. The summed E-state index contributed by atoms with van der Waals surface area (Å²) in [6.45, 7) is 4.24. The lowest BCUT2D eigenvalue weighted by molar-refractivity contribution is -0.143. The number of piperazine rings is 1. The van der Waals surface area contributed by atoms with E-state index in [9.17, 15) is 31.1 Å². The highest BCUT2D eigenvalue weighted by Gasteiger charge is 2.39. The van der Waals surface area contributed by atoms with Crippen LogP contribution in [0, 0.1) is 10.8 Å². The summed E-state index contributed by atoms with van der Waals surface area (Å²) in [7, 11) is 2.99. The van der Waals surface area contributed by atoms with E-state index < -0.39 is 52.4 Å². The van der Waals surface area contributed by atoms with E-state index >= 15 is 0 Å². The number of benzene rings is 2. The van der Waals surface area contributed by atoms with Crippen LogP contribution in [0.2, 0.25) is 0 Å². The third kappa shape index (κ3) is 10.1. The maximum absolute atomic E-state index is 13.5. The second kappa shape index (κ2) is 16.5. The highest BCUT2D eigenvalue weighted by Crippen LogP contribution is 2.42. The van der Waals surface area contributed by atoms with Crippen LogP contribution in [0.15, 0.2) is 36.4 Å². The lowest BCUT2D eigenvalue weighted by atomic mass is 9.69. The largest absolute Gasteiger partial charge is 0.493 e. The Balaban J connectivity index is 1.60. The Hall–Kier alpha value is -3.45. The van der Waals surface area contributed by atoms with Gasteiger partial charge in [-0.1, -0.05) is 25.3 Å². The maximum Gasteiger partial charge on any atom is 0.416 e. The first-order valence-corrected chi connectivity index (χ1v) is 16.8. The van der Waals surface area contributed by atoms with E-state index in [4.69, 9.17) is 20.3 Å². The van der Waals surface area contributed by atoms with E-state index in [1.807, 2.05) is 6.07 Å². The highest BCUT2D eigenvalue weighted by molar-refractivity contribution is 6.39. The van der Waals surface area contributed by atoms with Crippen LogP contribution in [0.25, 0.3) is 0 Å². The van der Waals surface area contributed by atoms with Gasteiger partial charge in [0.1, 0.15) is 0 Å². The number of hydrogen-bond donors (Lipinski definition) is 2. The van der Waals surface area contributed by atoms with Gasteiger partial charge in [-0.25, -0.2) is 0 Å². The van der Waals surface area contributed by atoms with Gasteiger partial charge < -0.3 is 25.2 Å². The average Bonchev–Trinajstić information content (AvgIpc) is 3.08. The number of carbonyl (C=O) groups is 1. The smallest absolute Gasteiger partial charge is 0.416 e. The van der Waals surface area contributed by atoms with Gasteiger partial charge in [0.25, 0.3) is 0 Å². The van der Waals surface area contributed by atoms with Gasteiger partial charge in [-0.3, -0.25) is 9.69 Å². The number of rotatable bonds is 15. The zero-order valence-electron chi connectivity index (χ0n) is 28.1. The van der Waals surface area contributed by atoms with Gasteiger partial charge in [0.05, 0.1) is 31.1 Å². The second-order valence-electron chi connectivity index (χ2n) is 13.2. The van der Waals surface area contributed by atoms with Gasteiger partial charge in [0.15, 0.2) is 17.3 Å². The first-order valence-electron chi connectivity index (χ1n) is 16.8. The molecule has 1 heterocycles. The van der Waals surface area contributed by atoms with Crippen molar-refractivity contribution < 1.29 is 40.6 Å². The summed E-state index contributed by atoms with van der Waals surface area (Å²) in [6, 6.07) is 7.03. The van der Waals surface area contributed by atoms with Crippen molar-refractivity contribution in [2.45, 2.75) is 88.0 Å². The number of ether oxygens (including phenoxy) is 2. The van der Waals surface area contributed by atoms with Gasteiger partial charge >= 0.3 is 12.4 Å². The fourth-order valence-corrected chi connectivity index (χ4v) is 7.23. The average molecular weight is 697 g/mol. The van der Waals surface area contributed by atoms with Crippen molar-refractivity contribution >= 4 is 17.7 Å². The summed E-state index contributed by atoms with van der Waals surface area (Å²) in [5.74, 6) is 0.0392. The van der Waals surface area contributed by atoms with Crippen LogP contribution in [0.1, 0.15) is 80.0 Å². The number of ketones is 1. The third-order valence-corrected chi connectivity index (χ3v) is 10.0. The summed E-state index contributed by atoms with van der Waals surface area (Å²) in [5, 5.41) is 16.7. The lowest BCUT2D eigenvalue weighted by Gasteiger charge is -2.42. The van der Waals surface area contributed by atoms with Crippen LogP contribution in [0.3, 0.4) is 0 Å². The predicted molar refractivity (Wildman–Crippen MR) is 176 cm³/mol. The van der Waals surface area contributed by atoms with E-state index in [0.29, 0.717) is 55.5 Å². The molecular weight excluding hydrogens is 650 g/mol. The van der Waals surface area contributed by atoms with Crippen molar-refractivity contribution in [3.8, 4) is 11.5 Å². The zero-order chi connectivity index (χ0) is 35.8. The molecule has 0 bridgehead atoms. The molecule has 4 rings (SSSR count). The molecule has 1 saturated carbocycles. The number of Topliss-reactive ketones (excluding diaryl/α,β-unsaturated/α-hetero) is 1. The Kier molecular flexibility index (Phi) is 12.9. The Labute approximate surface area is 284 Å². The van der Waals surface area contributed by atoms with E-state index in [1.165, 1.54) is 52.5 Å². The summed E-state index contributed by atoms with van der Waals surface area (Å²) in [4.78, 5) is 18.4. The quantitative estimate of drug-likeness (QED) is 0.146. The summed E-state index contributed by atoms with van der Waals surface area (Å²) in [6.07, 6.45) is -2.31.